The van der Waals surface area contributed by atoms with Gasteiger partial charge < -0.3 is 20.3 Å². The smallest absolute Gasteiger partial charge is 0.191 e. The van der Waals surface area contributed by atoms with Crippen molar-refractivity contribution >= 4 is 17.6 Å². The summed E-state index contributed by atoms with van der Waals surface area (Å²) in [6.45, 7) is 12.3. The van der Waals surface area contributed by atoms with E-state index in [0.29, 0.717) is 17.5 Å². The highest BCUT2D eigenvalue weighted by atomic mass is 35.5. The third-order valence-electron chi connectivity index (χ3n) is 4.38. The van der Waals surface area contributed by atoms with E-state index in [1.54, 1.807) is 0 Å². The molecule has 2 N–H and O–H groups in total. The van der Waals surface area contributed by atoms with Crippen molar-refractivity contribution in [2.45, 2.75) is 33.3 Å². The van der Waals surface area contributed by atoms with Crippen molar-refractivity contribution in [1.82, 2.24) is 15.5 Å². The van der Waals surface area contributed by atoms with Crippen molar-refractivity contribution in [2.24, 2.45) is 10.9 Å². The van der Waals surface area contributed by atoms with Gasteiger partial charge in [-0.2, -0.15) is 0 Å². The van der Waals surface area contributed by atoms with E-state index in [2.05, 4.69) is 34.4 Å². The number of halogens is 1. The molecule has 0 radical (unpaired) electrons. The Hall–Kier alpha value is -1.46. The zero-order chi connectivity index (χ0) is 18.1. The summed E-state index contributed by atoms with van der Waals surface area (Å²) in [4.78, 5) is 7.16. The lowest BCUT2D eigenvalue weighted by atomic mass is 10.1. The fourth-order valence-electron chi connectivity index (χ4n) is 2.95. The number of nitrogens with zero attached hydrogens (tertiary/aromatic N) is 2. The molecule has 0 amide bonds. The van der Waals surface area contributed by atoms with Crippen molar-refractivity contribution in [2.75, 3.05) is 39.3 Å². The summed E-state index contributed by atoms with van der Waals surface area (Å²) >= 11 is 5.90. The number of hydrogen-bond donors (Lipinski definition) is 2. The van der Waals surface area contributed by atoms with Crippen LogP contribution in [0.1, 0.15) is 27.2 Å². The Labute approximate surface area is 156 Å². The second-order valence-corrected chi connectivity index (χ2v) is 6.97. The molecule has 1 aromatic carbocycles. The highest BCUT2D eigenvalue weighted by Crippen LogP contribution is 2.17. The molecule has 1 saturated heterocycles. The summed E-state index contributed by atoms with van der Waals surface area (Å²) in [6, 6.07) is 7.43. The molecule has 2 rings (SSSR count). The molecule has 0 saturated carbocycles. The predicted octanol–water partition coefficient (Wildman–Crippen LogP) is 3.00. The van der Waals surface area contributed by atoms with E-state index in [0.717, 1.165) is 31.3 Å². The van der Waals surface area contributed by atoms with E-state index >= 15 is 0 Å². The highest BCUT2D eigenvalue weighted by Gasteiger charge is 2.21. The van der Waals surface area contributed by atoms with Crippen LogP contribution in [0.15, 0.2) is 29.3 Å². The second kappa shape index (κ2) is 10.5. The molecule has 25 heavy (non-hydrogen) atoms. The minimum absolute atomic E-state index is 0.00121. The number of aliphatic imine (C=N–C) groups is 1. The van der Waals surface area contributed by atoms with Crippen LogP contribution in [0.25, 0.3) is 0 Å². The van der Waals surface area contributed by atoms with Crippen LogP contribution in [-0.4, -0.2) is 56.2 Å². The van der Waals surface area contributed by atoms with Crippen LogP contribution in [0.2, 0.25) is 5.02 Å². The zero-order valence-electron chi connectivity index (χ0n) is 15.6. The maximum atomic E-state index is 5.90. The lowest BCUT2D eigenvalue weighted by Crippen LogP contribution is -2.41. The molecule has 0 spiro atoms. The van der Waals surface area contributed by atoms with Crippen molar-refractivity contribution in [3.8, 4) is 5.75 Å². The normalized spacial score (nSPS) is 19.7. The molecule has 2 atom stereocenters. The molecule has 2 unspecified atom stereocenters. The predicted molar refractivity (Wildman–Crippen MR) is 106 cm³/mol. The molecule has 5 nitrogen and oxygen atoms in total. The van der Waals surface area contributed by atoms with Gasteiger partial charge in [-0.1, -0.05) is 18.5 Å². The van der Waals surface area contributed by atoms with Crippen LogP contribution in [-0.2, 0) is 0 Å². The number of likely N-dealkylation sites (tertiary alicyclic amines) is 1. The average Bonchev–Trinajstić information content (AvgIpc) is 3.07. The van der Waals surface area contributed by atoms with Gasteiger partial charge in [0.15, 0.2) is 5.96 Å². The number of benzene rings is 1. The van der Waals surface area contributed by atoms with Crippen LogP contribution in [0.3, 0.4) is 0 Å². The first-order chi connectivity index (χ1) is 12.1. The molecule has 1 fully saturated rings. The van der Waals surface area contributed by atoms with Gasteiger partial charge in [-0.25, -0.2) is 4.99 Å². The van der Waals surface area contributed by atoms with Gasteiger partial charge in [-0.3, -0.25) is 0 Å². The Morgan fingerprint density at radius 2 is 2.08 bits per heavy atom. The number of hydrogen-bond acceptors (Lipinski definition) is 3. The van der Waals surface area contributed by atoms with E-state index < -0.39 is 0 Å². The molecule has 1 aromatic rings. The molecule has 0 bridgehead atoms. The summed E-state index contributed by atoms with van der Waals surface area (Å²) < 4.78 is 5.88. The Morgan fingerprint density at radius 3 is 2.72 bits per heavy atom. The monoisotopic (exact) mass is 366 g/mol. The molecule has 0 aromatic heterocycles. The molecular weight excluding hydrogens is 336 g/mol. The Bertz CT molecular complexity index is 535. The summed E-state index contributed by atoms with van der Waals surface area (Å²) in [5.74, 6) is 2.38. The Kier molecular flexibility index (Phi) is 8.35. The van der Waals surface area contributed by atoms with Crippen LogP contribution in [0.4, 0.5) is 0 Å². The lowest BCUT2D eigenvalue weighted by molar-refractivity contribution is 0.230. The molecule has 1 aliphatic heterocycles. The van der Waals surface area contributed by atoms with E-state index in [4.69, 9.17) is 16.3 Å². The largest absolute Gasteiger partial charge is 0.489 e. The zero-order valence-corrected chi connectivity index (χ0v) is 16.4. The molecular formula is C19H31ClN4O. The van der Waals surface area contributed by atoms with Crippen LogP contribution in [0, 0.1) is 5.92 Å². The second-order valence-electron chi connectivity index (χ2n) is 6.53. The maximum Gasteiger partial charge on any atom is 0.191 e. The number of rotatable bonds is 8. The molecule has 6 heteroatoms. The minimum atomic E-state index is -0.00121. The minimum Gasteiger partial charge on any atom is -0.489 e. The number of guanidine groups is 1. The quantitative estimate of drug-likeness (QED) is 0.548. The van der Waals surface area contributed by atoms with Gasteiger partial charge in [-0.05, 0) is 63.5 Å². The molecule has 1 aliphatic rings. The standard InChI is InChI=1S/C19H31ClN4O/c1-4-21-19(23-13-16-10-11-24(5-2)14-16)22-12-15(3)25-18-8-6-17(20)7-9-18/h6-9,15-16H,4-5,10-14H2,1-3H3,(H2,21,22,23). The Balaban J connectivity index is 1.78. The van der Waals surface area contributed by atoms with E-state index in [1.165, 1.54) is 19.5 Å². The lowest BCUT2D eigenvalue weighted by Gasteiger charge is -2.17. The maximum absolute atomic E-state index is 5.90. The third-order valence-corrected chi connectivity index (χ3v) is 4.63. The molecule has 140 valence electrons. The van der Waals surface area contributed by atoms with Gasteiger partial charge in [0.25, 0.3) is 0 Å². The van der Waals surface area contributed by atoms with Crippen LogP contribution in [0.5, 0.6) is 5.75 Å². The average molecular weight is 367 g/mol. The van der Waals surface area contributed by atoms with E-state index in [-0.39, 0.29) is 6.10 Å². The van der Waals surface area contributed by atoms with Crippen LogP contribution >= 0.6 is 11.6 Å². The Morgan fingerprint density at radius 1 is 1.32 bits per heavy atom. The van der Waals surface area contributed by atoms with E-state index in [9.17, 15) is 0 Å². The van der Waals surface area contributed by atoms with Crippen molar-refractivity contribution in [3.63, 3.8) is 0 Å². The third kappa shape index (κ3) is 7.12. The molecule has 0 aliphatic carbocycles. The first-order valence-electron chi connectivity index (χ1n) is 9.27. The van der Waals surface area contributed by atoms with Crippen LogP contribution < -0.4 is 15.4 Å². The van der Waals surface area contributed by atoms with Gasteiger partial charge >= 0.3 is 0 Å². The van der Waals surface area contributed by atoms with Gasteiger partial charge in [-0.15, -0.1) is 0 Å². The fraction of sp³-hybridized carbons (Fsp3) is 0.632. The van der Waals surface area contributed by atoms with Crippen molar-refractivity contribution < 1.29 is 4.74 Å². The SMILES string of the molecule is CCNC(=NCC(C)Oc1ccc(Cl)cc1)NCC1CCN(CC)C1. The summed E-state index contributed by atoms with van der Waals surface area (Å²) in [5.41, 5.74) is 0. The highest BCUT2D eigenvalue weighted by molar-refractivity contribution is 6.30. The topological polar surface area (TPSA) is 48.9 Å². The van der Waals surface area contributed by atoms with E-state index in [1.807, 2.05) is 31.2 Å². The van der Waals surface area contributed by atoms with Gasteiger partial charge in [0.05, 0.1) is 6.54 Å². The summed E-state index contributed by atoms with van der Waals surface area (Å²) in [6.07, 6.45) is 1.26. The fourth-order valence-corrected chi connectivity index (χ4v) is 3.08. The van der Waals surface area contributed by atoms with Gasteiger partial charge in [0.1, 0.15) is 11.9 Å². The first-order valence-corrected chi connectivity index (χ1v) is 9.65. The first kappa shape index (κ1) is 19.9. The summed E-state index contributed by atoms with van der Waals surface area (Å²) in [5, 5.41) is 7.50. The number of ether oxygens (including phenoxy) is 1. The van der Waals surface area contributed by atoms with Gasteiger partial charge in [0.2, 0.25) is 0 Å². The van der Waals surface area contributed by atoms with Crippen molar-refractivity contribution in [3.05, 3.63) is 29.3 Å². The van der Waals surface area contributed by atoms with Crippen molar-refractivity contribution in [1.29, 1.82) is 0 Å². The summed E-state index contributed by atoms with van der Waals surface area (Å²) in [7, 11) is 0. The van der Waals surface area contributed by atoms with Gasteiger partial charge in [0, 0.05) is 24.7 Å². The molecule has 1 heterocycles. The number of nitrogens with one attached hydrogen (secondary N) is 2.